The molecule has 1 fully saturated rings. The van der Waals surface area contributed by atoms with Gasteiger partial charge >= 0.3 is 11.9 Å². The minimum absolute atomic E-state index is 0.0272. The Morgan fingerprint density at radius 1 is 1.24 bits per heavy atom. The van der Waals surface area contributed by atoms with Gasteiger partial charge in [0.2, 0.25) is 0 Å². The van der Waals surface area contributed by atoms with Gasteiger partial charge < -0.3 is 15.2 Å². The topological polar surface area (TPSA) is 81.9 Å². The number of carbonyl (C=O) groups excluding carboxylic acids is 2. The van der Waals surface area contributed by atoms with Crippen LogP contribution in [0.1, 0.15) is 40.5 Å². The predicted molar refractivity (Wildman–Crippen MR) is 79.6 cm³/mol. The van der Waals surface area contributed by atoms with E-state index in [0.29, 0.717) is 26.1 Å². The molecule has 0 saturated carbocycles. The second-order valence-corrected chi connectivity index (χ2v) is 6.65. The minimum Gasteiger partial charge on any atom is -0.466 e. The SMILES string of the molecule is CCOC(=O)CC1CC(N)CN(CC(=O)OC(C)(C)C)C1. The summed E-state index contributed by atoms with van der Waals surface area (Å²) in [6.45, 7) is 9.25. The maximum Gasteiger partial charge on any atom is 0.320 e. The third-order valence-electron chi connectivity index (χ3n) is 3.18. The van der Waals surface area contributed by atoms with Gasteiger partial charge in [-0.25, -0.2) is 0 Å². The molecular formula is C15H28N2O4. The third-order valence-corrected chi connectivity index (χ3v) is 3.18. The van der Waals surface area contributed by atoms with Crippen molar-refractivity contribution in [3.05, 3.63) is 0 Å². The zero-order valence-corrected chi connectivity index (χ0v) is 13.6. The predicted octanol–water partition coefficient (Wildman–Crippen LogP) is 0.931. The second-order valence-electron chi connectivity index (χ2n) is 6.65. The van der Waals surface area contributed by atoms with E-state index >= 15 is 0 Å². The van der Waals surface area contributed by atoms with E-state index in [1.165, 1.54) is 0 Å². The number of likely N-dealkylation sites (tertiary alicyclic amines) is 1. The number of piperidine rings is 1. The van der Waals surface area contributed by atoms with Gasteiger partial charge in [0.15, 0.2) is 0 Å². The Balaban J connectivity index is 2.48. The summed E-state index contributed by atoms with van der Waals surface area (Å²) >= 11 is 0. The molecule has 0 amide bonds. The van der Waals surface area contributed by atoms with Crippen LogP contribution in [0.2, 0.25) is 0 Å². The Kier molecular flexibility index (Phi) is 6.61. The van der Waals surface area contributed by atoms with E-state index in [2.05, 4.69) is 0 Å². The lowest BCUT2D eigenvalue weighted by Crippen LogP contribution is -2.49. The second kappa shape index (κ2) is 7.75. The fourth-order valence-corrected chi connectivity index (χ4v) is 2.64. The monoisotopic (exact) mass is 300 g/mol. The highest BCUT2D eigenvalue weighted by atomic mass is 16.6. The van der Waals surface area contributed by atoms with Crippen molar-refractivity contribution < 1.29 is 19.1 Å². The van der Waals surface area contributed by atoms with Gasteiger partial charge in [0.05, 0.1) is 13.2 Å². The highest BCUT2D eigenvalue weighted by Crippen LogP contribution is 2.20. The molecule has 2 atom stereocenters. The van der Waals surface area contributed by atoms with Gasteiger partial charge in [-0.1, -0.05) is 0 Å². The van der Waals surface area contributed by atoms with Gasteiger partial charge in [-0.3, -0.25) is 14.5 Å². The van der Waals surface area contributed by atoms with Crippen molar-refractivity contribution in [1.29, 1.82) is 0 Å². The molecule has 122 valence electrons. The number of hydrogen-bond donors (Lipinski definition) is 1. The summed E-state index contributed by atoms with van der Waals surface area (Å²) in [5, 5.41) is 0. The minimum atomic E-state index is -0.487. The van der Waals surface area contributed by atoms with Crippen LogP contribution in [-0.2, 0) is 19.1 Å². The fourth-order valence-electron chi connectivity index (χ4n) is 2.64. The lowest BCUT2D eigenvalue weighted by atomic mass is 9.92. The third kappa shape index (κ3) is 7.43. The Bertz CT molecular complexity index is 365. The van der Waals surface area contributed by atoms with Crippen LogP contribution >= 0.6 is 0 Å². The Morgan fingerprint density at radius 2 is 1.90 bits per heavy atom. The molecule has 0 bridgehead atoms. The summed E-state index contributed by atoms with van der Waals surface area (Å²) in [5.41, 5.74) is 5.54. The lowest BCUT2D eigenvalue weighted by Gasteiger charge is -2.35. The molecule has 1 rings (SSSR count). The number of carbonyl (C=O) groups is 2. The van der Waals surface area contributed by atoms with E-state index < -0.39 is 5.60 Å². The molecule has 0 aromatic carbocycles. The Hall–Kier alpha value is -1.14. The largest absolute Gasteiger partial charge is 0.466 e. The molecular weight excluding hydrogens is 272 g/mol. The van der Waals surface area contributed by atoms with E-state index in [9.17, 15) is 9.59 Å². The summed E-state index contributed by atoms with van der Waals surface area (Å²) in [6.07, 6.45) is 1.13. The summed E-state index contributed by atoms with van der Waals surface area (Å²) in [7, 11) is 0. The molecule has 1 aliphatic rings. The Labute approximate surface area is 126 Å². The van der Waals surface area contributed by atoms with E-state index in [0.717, 1.165) is 6.42 Å². The first-order valence-electron chi connectivity index (χ1n) is 7.55. The maximum absolute atomic E-state index is 11.9. The van der Waals surface area contributed by atoms with Crippen LogP contribution in [-0.4, -0.2) is 54.7 Å². The highest BCUT2D eigenvalue weighted by Gasteiger charge is 2.29. The maximum atomic E-state index is 11.9. The van der Waals surface area contributed by atoms with Crippen LogP contribution in [0.15, 0.2) is 0 Å². The zero-order chi connectivity index (χ0) is 16.0. The summed E-state index contributed by atoms with van der Waals surface area (Å²) < 4.78 is 10.3. The molecule has 1 aliphatic heterocycles. The molecule has 1 heterocycles. The standard InChI is InChI=1S/C15H28N2O4/c1-5-20-13(18)7-11-6-12(16)9-17(8-11)10-14(19)21-15(2,3)4/h11-12H,5-10,16H2,1-4H3. The zero-order valence-electron chi connectivity index (χ0n) is 13.6. The smallest absolute Gasteiger partial charge is 0.320 e. The number of hydrogen-bond acceptors (Lipinski definition) is 6. The first-order chi connectivity index (χ1) is 9.69. The van der Waals surface area contributed by atoms with Crippen molar-refractivity contribution in [3.8, 4) is 0 Å². The van der Waals surface area contributed by atoms with E-state index in [1.807, 2.05) is 25.7 Å². The van der Waals surface area contributed by atoms with Gasteiger partial charge in [-0.2, -0.15) is 0 Å². The summed E-state index contributed by atoms with van der Waals surface area (Å²) in [6, 6.07) is -0.0272. The van der Waals surface area contributed by atoms with Crippen molar-refractivity contribution in [3.63, 3.8) is 0 Å². The first-order valence-corrected chi connectivity index (χ1v) is 7.55. The molecule has 2 unspecified atom stereocenters. The van der Waals surface area contributed by atoms with Crippen LogP contribution < -0.4 is 5.73 Å². The lowest BCUT2D eigenvalue weighted by molar-refractivity contribution is -0.156. The average molecular weight is 300 g/mol. The van der Waals surface area contributed by atoms with Gasteiger partial charge in [0.25, 0.3) is 0 Å². The van der Waals surface area contributed by atoms with Crippen molar-refractivity contribution in [2.24, 2.45) is 11.7 Å². The van der Waals surface area contributed by atoms with E-state index in [1.54, 1.807) is 6.92 Å². The molecule has 21 heavy (non-hydrogen) atoms. The summed E-state index contributed by atoms with van der Waals surface area (Å²) in [4.78, 5) is 25.4. The van der Waals surface area contributed by atoms with Crippen molar-refractivity contribution in [2.75, 3.05) is 26.2 Å². The molecule has 0 spiro atoms. The molecule has 0 aromatic heterocycles. The van der Waals surface area contributed by atoms with Crippen molar-refractivity contribution in [2.45, 2.75) is 52.2 Å². The van der Waals surface area contributed by atoms with Crippen molar-refractivity contribution in [1.82, 2.24) is 4.90 Å². The van der Waals surface area contributed by atoms with Crippen LogP contribution in [0, 0.1) is 5.92 Å². The molecule has 6 nitrogen and oxygen atoms in total. The number of ether oxygens (including phenoxy) is 2. The van der Waals surface area contributed by atoms with Gasteiger partial charge in [0, 0.05) is 25.6 Å². The van der Waals surface area contributed by atoms with Gasteiger partial charge in [0.1, 0.15) is 5.60 Å². The molecule has 0 radical (unpaired) electrons. The average Bonchev–Trinajstić information content (AvgIpc) is 2.24. The Morgan fingerprint density at radius 3 is 2.48 bits per heavy atom. The van der Waals surface area contributed by atoms with Gasteiger partial charge in [-0.15, -0.1) is 0 Å². The molecule has 0 aliphatic carbocycles. The van der Waals surface area contributed by atoms with Crippen LogP contribution in [0.3, 0.4) is 0 Å². The molecule has 2 N–H and O–H groups in total. The van der Waals surface area contributed by atoms with Crippen LogP contribution in [0.25, 0.3) is 0 Å². The van der Waals surface area contributed by atoms with Crippen molar-refractivity contribution >= 4 is 11.9 Å². The van der Waals surface area contributed by atoms with E-state index in [-0.39, 0.29) is 30.4 Å². The fraction of sp³-hybridized carbons (Fsp3) is 0.867. The normalized spacial score (nSPS) is 23.7. The first kappa shape index (κ1) is 17.9. The number of nitrogens with two attached hydrogens (primary N) is 1. The van der Waals surface area contributed by atoms with E-state index in [4.69, 9.17) is 15.2 Å². The van der Waals surface area contributed by atoms with Gasteiger partial charge in [-0.05, 0) is 40.0 Å². The summed E-state index contributed by atoms with van der Waals surface area (Å²) in [5.74, 6) is -0.324. The van der Waals surface area contributed by atoms with Crippen LogP contribution in [0.5, 0.6) is 0 Å². The quantitative estimate of drug-likeness (QED) is 0.761. The molecule has 1 saturated heterocycles. The van der Waals surface area contributed by atoms with Crippen LogP contribution in [0.4, 0.5) is 0 Å². The number of nitrogens with zero attached hydrogens (tertiary/aromatic N) is 1. The number of esters is 2. The molecule has 6 heteroatoms. The molecule has 0 aromatic rings. The highest BCUT2D eigenvalue weighted by molar-refractivity contribution is 5.72. The number of rotatable bonds is 5.